The first-order valence-corrected chi connectivity index (χ1v) is 9.35. The second kappa shape index (κ2) is 7.78. The fraction of sp³-hybridized carbons (Fsp3) is 0.190. The molecule has 0 spiro atoms. The molecule has 160 valence electrons. The molecule has 0 saturated carbocycles. The quantitative estimate of drug-likeness (QED) is 0.690. The van der Waals surface area contributed by atoms with Crippen LogP contribution in [0.15, 0.2) is 53.6 Å². The van der Waals surface area contributed by atoms with Gasteiger partial charge in [-0.1, -0.05) is 0 Å². The van der Waals surface area contributed by atoms with E-state index in [1.807, 2.05) is 0 Å². The zero-order valence-electron chi connectivity index (χ0n) is 16.1. The fourth-order valence-corrected chi connectivity index (χ4v) is 3.78. The van der Waals surface area contributed by atoms with Crippen LogP contribution < -0.4 is 11.3 Å². The van der Waals surface area contributed by atoms with Crippen molar-refractivity contribution >= 4 is 11.8 Å². The summed E-state index contributed by atoms with van der Waals surface area (Å²) >= 11 is 0. The van der Waals surface area contributed by atoms with Crippen molar-refractivity contribution in [2.45, 2.75) is 19.5 Å². The van der Waals surface area contributed by atoms with Gasteiger partial charge in [0, 0.05) is 31.2 Å². The largest absolute Gasteiger partial charge is 0.365 e. The molecule has 0 bridgehead atoms. The average molecular weight is 430 g/mol. The Hall–Kier alpha value is -3.82. The van der Waals surface area contributed by atoms with Gasteiger partial charge in [0.15, 0.2) is 0 Å². The van der Waals surface area contributed by atoms with Gasteiger partial charge in [0.1, 0.15) is 17.1 Å². The number of amides is 2. The van der Waals surface area contributed by atoms with Crippen LogP contribution in [0.2, 0.25) is 0 Å². The molecule has 0 fully saturated rings. The molecular weight excluding hydrogens is 413 g/mol. The Bertz CT molecular complexity index is 1230. The molecule has 0 aliphatic carbocycles. The SMILES string of the molecule is NC(=O)c1c2c(cn(-c3ccc(F)cc3)c1=O)CN(C(=O)c1cccn1C(F)F)CC2. The highest BCUT2D eigenvalue weighted by Crippen LogP contribution is 2.24. The van der Waals surface area contributed by atoms with Crippen LogP contribution in [-0.4, -0.2) is 32.4 Å². The molecule has 10 heteroatoms. The van der Waals surface area contributed by atoms with Crippen LogP contribution in [-0.2, 0) is 13.0 Å². The third-order valence-corrected chi connectivity index (χ3v) is 5.25. The lowest BCUT2D eigenvalue weighted by Gasteiger charge is -2.30. The van der Waals surface area contributed by atoms with Gasteiger partial charge in [-0.2, -0.15) is 8.78 Å². The molecule has 0 radical (unpaired) electrons. The second-order valence-corrected chi connectivity index (χ2v) is 7.08. The number of halogens is 3. The van der Waals surface area contributed by atoms with Gasteiger partial charge in [-0.25, -0.2) is 4.39 Å². The molecule has 1 aliphatic rings. The monoisotopic (exact) mass is 430 g/mol. The number of fused-ring (bicyclic) bond motifs is 1. The van der Waals surface area contributed by atoms with E-state index in [0.717, 1.165) is 10.8 Å². The Morgan fingerprint density at radius 2 is 1.81 bits per heavy atom. The number of carbonyl (C=O) groups is 2. The summed E-state index contributed by atoms with van der Waals surface area (Å²) in [4.78, 5) is 39.1. The minimum absolute atomic E-state index is 0.00958. The predicted molar refractivity (Wildman–Crippen MR) is 105 cm³/mol. The highest BCUT2D eigenvalue weighted by molar-refractivity contribution is 5.95. The van der Waals surface area contributed by atoms with E-state index in [1.165, 1.54) is 47.5 Å². The highest BCUT2D eigenvalue weighted by atomic mass is 19.3. The second-order valence-electron chi connectivity index (χ2n) is 7.08. The van der Waals surface area contributed by atoms with E-state index in [4.69, 9.17) is 5.73 Å². The molecule has 3 aromatic rings. The molecule has 3 heterocycles. The predicted octanol–water partition coefficient (Wildman–Crippen LogP) is 2.47. The first-order valence-electron chi connectivity index (χ1n) is 9.35. The van der Waals surface area contributed by atoms with Gasteiger partial charge in [0.25, 0.3) is 17.4 Å². The zero-order chi connectivity index (χ0) is 22.3. The van der Waals surface area contributed by atoms with Crippen molar-refractivity contribution in [3.05, 3.63) is 87.3 Å². The number of hydrogen-bond donors (Lipinski definition) is 1. The molecule has 2 N–H and O–H groups in total. The Labute approximate surface area is 174 Å². The maximum Gasteiger partial charge on any atom is 0.319 e. The minimum Gasteiger partial charge on any atom is -0.365 e. The molecule has 0 atom stereocenters. The van der Waals surface area contributed by atoms with Gasteiger partial charge in [0.05, 0.1) is 0 Å². The number of aromatic nitrogens is 2. The number of rotatable bonds is 4. The van der Waals surface area contributed by atoms with Gasteiger partial charge in [-0.05, 0) is 53.9 Å². The lowest BCUT2D eigenvalue weighted by Crippen LogP contribution is -2.40. The van der Waals surface area contributed by atoms with Crippen LogP contribution in [0, 0.1) is 5.82 Å². The van der Waals surface area contributed by atoms with E-state index in [9.17, 15) is 27.6 Å². The van der Waals surface area contributed by atoms with Crippen molar-refractivity contribution in [1.29, 1.82) is 0 Å². The minimum atomic E-state index is -2.86. The van der Waals surface area contributed by atoms with Crippen LogP contribution in [0.3, 0.4) is 0 Å². The summed E-state index contributed by atoms with van der Waals surface area (Å²) in [5.41, 5.74) is 5.65. The summed E-state index contributed by atoms with van der Waals surface area (Å²) in [7, 11) is 0. The molecule has 31 heavy (non-hydrogen) atoms. The molecule has 7 nitrogen and oxygen atoms in total. The number of benzene rings is 1. The number of nitrogens with zero attached hydrogens (tertiary/aromatic N) is 3. The molecule has 1 aliphatic heterocycles. The van der Waals surface area contributed by atoms with Crippen molar-refractivity contribution in [3.8, 4) is 5.69 Å². The molecule has 0 saturated heterocycles. The van der Waals surface area contributed by atoms with Gasteiger partial charge in [0.2, 0.25) is 0 Å². The summed E-state index contributed by atoms with van der Waals surface area (Å²) in [6, 6.07) is 7.73. The third-order valence-electron chi connectivity index (χ3n) is 5.25. The maximum atomic E-state index is 13.3. The lowest BCUT2D eigenvalue weighted by atomic mass is 9.95. The summed E-state index contributed by atoms with van der Waals surface area (Å²) < 4.78 is 41.3. The number of hydrogen-bond acceptors (Lipinski definition) is 3. The van der Waals surface area contributed by atoms with Crippen LogP contribution >= 0.6 is 0 Å². The highest BCUT2D eigenvalue weighted by Gasteiger charge is 2.29. The fourth-order valence-electron chi connectivity index (χ4n) is 3.78. The number of primary amides is 1. The summed E-state index contributed by atoms with van der Waals surface area (Å²) in [6.07, 6.45) is 2.74. The molecule has 4 rings (SSSR count). The smallest absolute Gasteiger partial charge is 0.319 e. The standard InChI is InChI=1S/C21H17F3N4O3/c22-13-3-5-14(6-4-13)28-11-12-10-26(9-7-15(12)17(18(25)29)20(28)31)19(30)16-2-1-8-27(16)21(23)24/h1-6,8,11,21H,7,9-10H2,(H2,25,29). The van der Waals surface area contributed by atoms with E-state index in [-0.39, 0.29) is 30.8 Å². The number of pyridine rings is 1. The normalized spacial score (nSPS) is 13.4. The van der Waals surface area contributed by atoms with Gasteiger partial charge in [-0.3, -0.25) is 23.5 Å². The average Bonchev–Trinajstić information content (AvgIpc) is 3.23. The van der Waals surface area contributed by atoms with E-state index in [0.29, 0.717) is 21.4 Å². The van der Waals surface area contributed by atoms with E-state index < -0.39 is 29.7 Å². The third kappa shape index (κ3) is 3.60. The van der Waals surface area contributed by atoms with Gasteiger partial charge < -0.3 is 10.6 Å². The van der Waals surface area contributed by atoms with Crippen LogP contribution in [0.4, 0.5) is 13.2 Å². The summed E-state index contributed by atoms with van der Waals surface area (Å²) in [5.74, 6) is -2.01. The van der Waals surface area contributed by atoms with Gasteiger partial charge >= 0.3 is 6.55 Å². The molecule has 2 aromatic heterocycles. The Kier molecular flexibility index (Phi) is 5.14. The van der Waals surface area contributed by atoms with Crippen LogP contribution in [0.1, 0.15) is 38.5 Å². The first-order chi connectivity index (χ1) is 14.8. The van der Waals surface area contributed by atoms with Crippen molar-refractivity contribution in [2.75, 3.05) is 6.54 Å². The molecule has 0 unspecified atom stereocenters. The number of alkyl halides is 2. The number of carbonyl (C=O) groups excluding carboxylic acids is 2. The maximum absolute atomic E-state index is 13.3. The Balaban J connectivity index is 1.77. The molecular formula is C21H17F3N4O3. The lowest BCUT2D eigenvalue weighted by molar-refractivity contribution is 0.0554. The van der Waals surface area contributed by atoms with Crippen molar-refractivity contribution < 1.29 is 22.8 Å². The Morgan fingerprint density at radius 1 is 1.10 bits per heavy atom. The van der Waals surface area contributed by atoms with E-state index >= 15 is 0 Å². The number of nitrogens with two attached hydrogens (primary N) is 1. The van der Waals surface area contributed by atoms with Crippen LogP contribution in [0.5, 0.6) is 0 Å². The molecule has 1 aromatic carbocycles. The van der Waals surface area contributed by atoms with E-state index in [1.54, 1.807) is 0 Å². The first kappa shape index (κ1) is 20.5. The zero-order valence-corrected chi connectivity index (χ0v) is 16.1. The topological polar surface area (TPSA) is 90.3 Å². The Morgan fingerprint density at radius 3 is 2.45 bits per heavy atom. The van der Waals surface area contributed by atoms with Gasteiger partial charge in [-0.15, -0.1) is 0 Å². The van der Waals surface area contributed by atoms with Crippen molar-refractivity contribution in [2.24, 2.45) is 5.73 Å². The van der Waals surface area contributed by atoms with Crippen LogP contribution in [0.25, 0.3) is 5.69 Å². The summed E-state index contributed by atoms with van der Waals surface area (Å²) in [5, 5.41) is 0. The molecule has 2 amide bonds. The van der Waals surface area contributed by atoms with Crippen molar-refractivity contribution in [3.63, 3.8) is 0 Å². The van der Waals surface area contributed by atoms with Crippen molar-refractivity contribution in [1.82, 2.24) is 14.0 Å². The summed E-state index contributed by atoms with van der Waals surface area (Å²) in [6.45, 7) is -2.75. The van der Waals surface area contributed by atoms with E-state index in [2.05, 4.69) is 0 Å².